The number of benzene rings is 1. The van der Waals surface area contributed by atoms with Crippen molar-refractivity contribution in [2.45, 2.75) is 115 Å². The highest BCUT2D eigenvalue weighted by Gasteiger charge is 2.35. The molecule has 1 N–H and O–H groups in total. The molecule has 4 heteroatoms. The van der Waals surface area contributed by atoms with Crippen LogP contribution in [-0.4, -0.2) is 23.3 Å². The molecule has 1 aromatic carbocycles. The third-order valence-electron chi connectivity index (χ3n) is 5.80. The summed E-state index contributed by atoms with van der Waals surface area (Å²) in [5.74, 6) is -0.689. The van der Waals surface area contributed by atoms with E-state index in [-0.39, 0.29) is 18.5 Å². The number of ether oxygens (including phenoxy) is 2. The van der Waals surface area contributed by atoms with Crippen molar-refractivity contribution in [3.63, 3.8) is 0 Å². The van der Waals surface area contributed by atoms with Gasteiger partial charge in [-0.05, 0) is 19.3 Å². The third-order valence-corrected chi connectivity index (χ3v) is 5.80. The molecule has 1 saturated heterocycles. The zero-order valence-corrected chi connectivity index (χ0v) is 18.2. The molecule has 3 atom stereocenters. The minimum atomic E-state index is -0.689. The zero-order valence-electron chi connectivity index (χ0n) is 18.2. The average molecular weight is 405 g/mol. The highest BCUT2D eigenvalue weighted by Crippen LogP contribution is 2.35. The van der Waals surface area contributed by atoms with Gasteiger partial charge in [-0.15, -0.1) is 0 Å². The fourth-order valence-electron chi connectivity index (χ4n) is 4.08. The van der Waals surface area contributed by atoms with Gasteiger partial charge in [0.05, 0.1) is 12.2 Å². The molecule has 2 rings (SSSR count). The average Bonchev–Trinajstić information content (AvgIpc) is 3.13. The minimum absolute atomic E-state index is 0.176. The molecule has 1 heterocycles. The quantitative estimate of drug-likeness (QED) is 0.300. The normalized spacial score (nSPS) is 21.5. The minimum Gasteiger partial charge on any atom is -0.481 e. The second-order valence-electron chi connectivity index (χ2n) is 8.35. The van der Waals surface area contributed by atoms with E-state index in [2.05, 4.69) is 19.1 Å². The molecular formula is C25H40O4. The standard InChI is InChI=1S/C25H40O4/c1-2-3-4-5-7-13-18-22-23(19-14-8-6-9-15-20-24(26)27)29-25(28-22)21-16-11-10-12-17-21/h10-12,16-17,22-23,25H,2-9,13-15,18-20H2,1H3,(H,26,27). The predicted octanol–water partition coefficient (Wildman–Crippen LogP) is 7.04. The predicted molar refractivity (Wildman–Crippen MR) is 117 cm³/mol. The summed E-state index contributed by atoms with van der Waals surface area (Å²) < 4.78 is 12.6. The van der Waals surface area contributed by atoms with E-state index >= 15 is 0 Å². The van der Waals surface area contributed by atoms with Crippen LogP contribution in [0.15, 0.2) is 30.3 Å². The van der Waals surface area contributed by atoms with Crippen LogP contribution in [0, 0.1) is 0 Å². The fraction of sp³-hybridized carbons (Fsp3) is 0.720. The van der Waals surface area contributed by atoms with Crippen LogP contribution in [0.2, 0.25) is 0 Å². The SMILES string of the molecule is CCCCCCCCC1OC(c2ccccc2)OC1CCCCCCCC(=O)O. The number of carbonyl (C=O) groups is 1. The molecule has 4 nitrogen and oxygen atoms in total. The van der Waals surface area contributed by atoms with Crippen LogP contribution in [0.5, 0.6) is 0 Å². The van der Waals surface area contributed by atoms with Crippen molar-refractivity contribution < 1.29 is 19.4 Å². The van der Waals surface area contributed by atoms with E-state index in [0.717, 1.165) is 50.5 Å². The molecule has 0 spiro atoms. The number of rotatable bonds is 16. The lowest BCUT2D eigenvalue weighted by Gasteiger charge is -2.16. The summed E-state index contributed by atoms with van der Waals surface area (Å²) in [6, 6.07) is 10.3. The van der Waals surface area contributed by atoms with Crippen molar-refractivity contribution in [1.29, 1.82) is 0 Å². The number of aliphatic carboxylic acids is 1. The van der Waals surface area contributed by atoms with Gasteiger partial charge in [-0.1, -0.05) is 101 Å². The number of unbranched alkanes of at least 4 members (excludes halogenated alkanes) is 9. The number of hydrogen-bond acceptors (Lipinski definition) is 3. The largest absolute Gasteiger partial charge is 0.481 e. The van der Waals surface area contributed by atoms with Crippen molar-refractivity contribution in [3.05, 3.63) is 35.9 Å². The van der Waals surface area contributed by atoms with Crippen molar-refractivity contribution >= 4 is 5.97 Å². The molecule has 0 aliphatic carbocycles. The molecule has 0 radical (unpaired) electrons. The Labute approximate surface area is 177 Å². The Morgan fingerprint density at radius 2 is 1.31 bits per heavy atom. The molecule has 29 heavy (non-hydrogen) atoms. The first-order chi connectivity index (χ1) is 14.2. The van der Waals surface area contributed by atoms with E-state index in [1.807, 2.05) is 18.2 Å². The second kappa shape index (κ2) is 14.6. The lowest BCUT2D eigenvalue weighted by atomic mass is 9.99. The number of hydrogen-bond donors (Lipinski definition) is 1. The Morgan fingerprint density at radius 3 is 1.86 bits per heavy atom. The maximum atomic E-state index is 10.6. The van der Waals surface area contributed by atoms with Crippen LogP contribution in [-0.2, 0) is 14.3 Å². The summed E-state index contributed by atoms with van der Waals surface area (Å²) in [4.78, 5) is 10.6. The Kier molecular flexibility index (Phi) is 12.0. The summed E-state index contributed by atoms with van der Waals surface area (Å²) in [6.45, 7) is 2.25. The molecule has 164 valence electrons. The smallest absolute Gasteiger partial charge is 0.303 e. The van der Waals surface area contributed by atoms with Gasteiger partial charge in [0.25, 0.3) is 0 Å². The summed E-state index contributed by atoms with van der Waals surface area (Å²) in [5, 5.41) is 8.71. The third kappa shape index (κ3) is 9.77. The number of carboxylic acids is 1. The molecule has 1 aromatic rings. The van der Waals surface area contributed by atoms with Crippen LogP contribution in [0.1, 0.15) is 109 Å². The fourth-order valence-corrected chi connectivity index (χ4v) is 4.08. The second-order valence-corrected chi connectivity index (χ2v) is 8.35. The van der Waals surface area contributed by atoms with Crippen LogP contribution < -0.4 is 0 Å². The molecule has 0 saturated carbocycles. The molecule has 3 unspecified atom stereocenters. The molecular weight excluding hydrogens is 364 g/mol. The lowest BCUT2D eigenvalue weighted by molar-refractivity contribution is -0.137. The monoisotopic (exact) mass is 404 g/mol. The van der Waals surface area contributed by atoms with Gasteiger partial charge in [0.15, 0.2) is 6.29 Å². The van der Waals surface area contributed by atoms with Gasteiger partial charge in [-0.2, -0.15) is 0 Å². The lowest BCUT2D eigenvalue weighted by Crippen LogP contribution is -2.22. The molecule has 1 aliphatic rings. The van der Waals surface area contributed by atoms with Gasteiger partial charge in [0, 0.05) is 12.0 Å². The molecule has 0 bridgehead atoms. The van der Waals surface area contributed by atoms with Gasteiger partial charge in [0.1, 0.15) is 0 Å². The van der Waals surface area contributed by atoms with Crippen LogP contribution in [0.4, 0.5) is 0 Å². The Balaban J connectivity index is 1.72. The Bertz CT molecular complexity index is 545. The van der Waals surface area contributed by atoms with E-state index in [1.54, 1.807) is 0 Å². The summed E-state index contributed by atoms with van der Waals surface area (Å²) >= 11 is 0. The first-order valence-electron chi connectivity index (χ1n) is 11.8. The summed E-state index contributed by atoms with van der Waals surface area (Å²) in [5.41, 5.74) is 1.11. The Morgan fingerprint density at radius 1 is 0.793 bits per heavy atom. The molecule has 0 amide bonds. The van der Waals surface area contributed by atoms with E-state index in [9.17, 15) is 4.79 Å². The molecule has 1 aliphatic heterocycles. The van der Waals surface area contributed by atoms with Crippen molar-refractivity contribution in [3.8, 4) is 0 Å². The maximum absolute atomic E-state index is 10.6. The first-order valence-corrected chi connectivity index (χ1v) is 11.8. The first kappa shape index (κ1) is 23.9. The van der Waals surface area contributed by atoms with E-state index in [1.165, 1.54) is 38.5 Å². The van der Waals surface area contributed by atoms with Gasteiger partial charge in [0.2, 0.25) is 0 Å². The number of carboxylic acid groups (broad SMARTS) is 1. The van der Waals surface area contributed by atoms with Gasteiger partial charge >= 0.3 is 5.97 Å². The van der Waals surface area contributed by atoms with Crippen molar-refractivity contribution in [2.24, 2.45) is 0 Å². The Hall–Kier alpha value is -1.39. The van der Waals surface area contributed by atoms with E-state index in [0.29, 0.717) is 6.42 Å². The van der Waals surface area contributed by atoms with Crippen LogP contribution >= 0.6 is 0 Å². The zero-order chi connectivity index (χ0) is 20.7. The highest BCUT2D eigenvalue weighted by molar-refractivity contribution is 5.66. The highest BCUT2D eigenvalue weighted by atomic mass is 16.7. The van der Waals surface area contributed by atoms with Gasteiger partial charge < -0.3 is 14.6 Å². The van der Waals surface area contributed by atoms with Gasteiger partial charge in [-0.3, -0.25) is 4.79 Å². The summed E-state index contributed by atoms with van der Waals surface area (Å²) in [7, 11) is 0. The van der Waals surface area contributed by atoms with Crippen LogP contribution in [0.25, 0.3) is 0 Å². The molecule has 1 fully saturated rings. The van der Waals surface area contributed by atoms with Crippen LogP contribution in [0.3, 0.4) is 0 Å². The summed E-state index contributed by atoms with van der Waals surface area (Å²) in [6.07, 6.45) is 15.5. The van der Waals surface area contributed by atoms with E-state index < -0.39 is 5.97 Å². The van der Waals surface area contributed by atoms with Crippen molar-refractivity contribution in [1.82, 2.24) is 0 Å². The topological polar surface area (TPSA) is 55.8 Å². The van der Waals surface area contributed by atoms with Gasteiger partial charge in [-0.25, -0.2) is 0 Å². The van der Waals surface area contributed by atoms with E-state index in [4.69, 9.17) is 14.6 Å². The maximum Gasteiger partial charge on any atom is 0.303 e. The molecule has 0 aromatic heterocycles. The van der Waals surface area contributed by atoms with Crippen molar-refractivity contribution in [2.75, 3.05) is 0 Å².